The largest absolute Gasteiger partial charge is 0.457 e. The highest BCUT2D eigenvalue weighted by atomic mass is 32.1. The summed E-state index contributed by atoms with van der Waals surface area (Å²) in [5.41, 5.74) is 4.46. The number of piperazine rings is 1. The molecular formula is C21H20N6O2S. The van der Waals surface area contributed by atoms with Crippen LogP contribution in [0.3, 0.4) is 0 Å². The van der Waals surface area contributed by atoms with Gasteiger partial charge in [0.2, 0.25) is 0 Å². The number of nitrogens with zero attached hydrogens (tertiary/aromatic N) is 5. The molecule has 2 aliphatic rings. The minimum atomic E-state index is -0.223. The summed E-state index contributed by atoms with van der Waals surface area (Å²) in [5, 5.41) is 13.4. The van der Waals surface area contributed by atoms with Crippen LogP contribution >= 0.6 is 11.3 Å². The Morgan fingerprint density at radius 1 is 1.40 bits per heavy atom. The molecule has 1 unspecified atom stereocenters. The van der Waals surface area contributed by atoms with E-state index < -0.39 is 0 Å². The molecule has 0 spiro atoms. The lowest BCUT2D eigenvalue weighted by molar-refractivity contribution is 0.0535. The Morgan fingerprint density at radius 2 is 2.30 bits per heavy atom. The first-order valence-corrected chi connectivity index (χ1v) is 10.6. The molecule has 3 aromatic rings. The van der Waals surface area contributed by atoms with Crippen molar-refractivity contribution in [2.75, 3.05) is 19.6 Å². The zero-order chi connectivity index (χ0) is 20.7. The second kappa shape index (κ2) is 7.65. The Labute approximate surface area is 177 Å². The maximum absolute atomic E-state index is 11.8. The molecule has 0 saturated carbocycles. The molecule has 0 radical (unpaired) electrons. The summed E-state index contributed by atoms with van der Waals surface area (Å²) in [6, 6.07) is 6.19. The molecule has 4 heterocycles. The van der Waals surface area contributed by atoms with Crippen molar-refractivity contribution in [2.45, 2.75) is 26.1 Å². The van der Waals surface area contributed by atoms with Gasteiger partial charge in [-0.15, -0.1) is 0 Å². The van der Waals surface area contributed by atoms with Crippen LogP contribution in [0.4, 0.5) is 0 Å². The monoisotopic (exact) mass is 420 g/mol. The molecule has 9 heteroatoms. The van der Waals surface area contributed by atoms with Gasteiger partial charge in [-0.3, -0.25) is 9.47 Å². The average molecular weight is 420 g/mol. The first-order chi connectivity index (χ1) is 14.6. The number of rotatable bonds is 4. The van der Waals surface area contributed by atoms with Crippen molar-refractivity contribution < 1.29 is 9.53 Å². The lowest BCUT2D eigenvalue weighted by Gasteiger charge is -2.34. The highest BCUT2D eigenvalue weighted by molar-refractivity contribution is 7.14. The van der Waals surface area contributed by atoms with Crippen LogP contribution in [0, 0.1) is 18.3 Å². The molecule has 2 aromatic heterocycles. The summed E-state index contributed by atoms with van der Waals surface area (Å²) in [5.74, 6) is -0.223. The number of hydrogen-bond acceptors (Lipinski definition) is 8. The first-order valence-electron chi connectivity index (χ1n) is 9.77. The minimum Gasteiger partial charge on any atom is -0.457 e. The van der Waals surface area contributed by atoms with Crippen molar-refractivity contribution in [3.05, 3.63) is 63.7 Å². The number of hydrogen-bond donors (Lipinski definition) is 1. The molecule has 8 nitrogen and oxygen atoms in total. The second-order valence-corrected chi connectivity index (χ2v) is 8.60. The molecule has 30 heavy (non-hydrogen) atoms. The number of ether oxygens (including phenoxy) is 1. The Morgan fingerprint density at radius 3 is 3.13 bits per heavy atom. The molecule has 1 aromatic carbocycles. The van der Waals surface area contributed by atoms with Gasteiger partial charge in [-0.25, -0.2) is 14.8 Å². The van der Waals surface area contributed by atoms with E-state index in [9.17, 15) is 4.79 Å². The van der Waals surface area contributed by atoms with Crippen molar-refractivity contribution in [3.63, 3.8) is 0 Å². The highest BCUT2D eigenvalue weighted by Crippen LogP contribution is 2.30. The second-order valence-electron chi connectivity index (χ2n) is 7.51. The van der Waals surface area contributed by atoms with E-state index in [-0.39, 0.29) is 12.0 Å². The van der Waals surface area contributed by atoms with Crippen molar-refractivity contribution >= 4 is 17.3 Å². The number of aromatic nitrogens is 3. The van der Waals surface area contributed by atoms with Gasteiger partial charge < -0.3 is 10.1 Å². The van der Waals surface area contributed by atoms with Gasteiger partial charge in [0.1, 0.15) is 19.0 Å². The summed E-state index contributed by atoms with van der Waals surface area (Å²) < 4.78 is 6.98. The molecule has 0 amide bonds. The van der Waals surface area contributed by atoms with Crippen LogP contribution in [0.1, 0.15) is 43.7 Å². The topological polar surface area (TPSA) is 96.1 Å². The number of thiazole rings is 1. The van der Waals surface area contributed by atoms with Gasteiger partial charge >= 0.3 is 5.97 Å². The number of fused-ring (bicyclic) bond motifs is 1. The van der Waals surface area contributed by atoms with Crippen LogP contribution < -0.4 is 5.32 Å². The maximum Gasteiger partial charge on any atom is 0.338 e. The molecule has 1 saturated heterocycles. The number of nitriles is 1. The van der Waals surface area contributed by atoms with E-state index in [0.717, 1.165) is 42.4 Å². The van der Waals surface area contributed by atoms with E-state index in [1.807, 2.05) is 18.3 Å². The third-order valence-corrected chi connectivity index (χ3v) is 6.68. The predicted molar refractivity (Wildman–Crippen MR) is 110 cm³/mol. The van der Waals surface area contributed by atoms with Gasteiger partial charge in [-0.05, 0) is 24.1 Å². The molecule has 2 aliphatic heterocycles. The first kappa shape index (κ1) is 18.9. The van der Waals surface area contributed by atoms with Crippen LogP contribution in [0.5, 0.6) is 0 Å². The molecule has 1 N–H and O–H groups in total. The van der Waals surface area contributed by atoms with Gasteiger partial charge in [0.25, 0.3) is 0 Å². The summed E-state index contributed by atoms with van der Waals surface area (Å²) >= 11 is 1.61. The van der Waals surface area contributed by atoms with Crippen molar-refractivity contribution in [3.8, 4) is 11.2 Å². The molecule has 5 rings (SSSR count). The number of nitrogens with one attached hydrogen (secondary N) is 1. The molecule has 0 aliphatic carbocycles. The number of cyclic esters (lactones) is 1. The molecule has 1 fully saturated rings. The third-order valence-electron chi connectivity index (χ3n) is 5.68. The summed E-state index contributed by atoms with van der Waals surface area (Å²) in [4.78, 5) is 23.9. The smallest absolute Gasteiger partial charge is 0.338 e. The molecule has 152 valence electrons. The zero-order valence-corrected chi connectivity index (χ0v) is 17.3. The number of carbonyl (C=O) groups is 1. The summed E-state index contributed by atoms with van der Waals surface area (Å²) in [7, 11) is 0. The van der Waals surface area contributed by atoms with Gasteiger partial charge in [-0.1, -0.05) is 17.4 Å². The highest BCUT2D eigenvalue weighted by Gasteiger charge is 2.28. The quantitative estimate of drug-likeness (QED) is 0.647. The third kappa shape index (κ3) is 3.39. The average Bonchev–Trinajstić information content (AvgIpc) is 3.49. The molecular weight excluding hydrogens is 400 g/mol. The van der Waals surface area contributed by atoms with Crippen LogP contribution in [0.2, 0.25) is 0 Å². The standard InChI is InChI=1S/C21H20N6O2S/c1-13-16(2-3-17-18(13)11-29-20(17)28)19-10-26(5-4-23-19)9-15-7-24-21(30-15)27-8-14(6-22)25-12-27/h2-3,7-8,12,19,23H,4-5,9-11H2,1H3. The fourth-order valence-corrected chi connectivity index (χ4v) is 5.00. The normalized spacial score (nSPS) is 18.8. The number of benzene rings is 1. The lowest BCUT2D eigenvalue weighted by atomic mass is 9.93. The van der Waals surface area contributed by atoms with Gasteiger partial charge in [0.15, 0.2) is 10.8 Å². The SMILES string of the molecule is Cc1c(C2CN(Cc3cnc(-n4cnc(C#N)c4)s3)CCN2)ccc2c1COC2=O. The molecule has 1 atom stereocenters. The predicted octanol–water partition coefficient (Wildman–Crippen LogP) is 2.33. The fourth-order valence-electron chi connectivity index (χ4n) is 4.10. The zero-order valence-electron chi connectivity index (χ0n) is 16.5. The Kier molecular flexibility index (Phi) is 4.83. The van der Waals surface area contributed by atoms with Crippen LogP contribution in [0.15, 0.2) is 30.9 Å². The minimum absolute atomic E-state index is 0.207. The van der Waals surface area contributed by atoms with Crippen molar-refractivity contribution in [2.24, 2.45) is 0 Å². The fraction of sp³-hybridized carbons (Fsp3) is 0.333. The van der Waals surface area contributed by atoms with Gasteiger partial charge in [-0.2, -0.15) is 5.26 Å². The number of carbonyl (C=O) groups excluding carboxylic acids is 1. The van der Waals surface area contributed by atoms with E-state index in [0.29, 0.717) is 17.9 Å². The van der Waals surface area contributed by atoms with E-state index >= 15 is 0 Å². The van der Waals surface area contributed by atoms with Crippen molar-refractivity contribution in [1.29, 1.82) is 5.26 Å². The van der Waals surface area contributed by atoms with Crippen molar-refractivity contribution in [1.82, 2.24) is 24.8 Å². The molecule has 0 bridgehead atoms. The Hall–Kier alpha value is -3.06. The van der Waals surface area contributed by atoms with Crippen LogP contribution in [-0.4, -0.2) is 45.0 Å². The Balaban J connectivity index is 1.30. The van der Waals surface area contributed by atoms with E-state index in [2.05, 4.69) is 33.2 Å². The Bertz CT molecular complexity index is 1160. The van der Waals surface area contributed by atoms with E-state index in [1.54, 1.807) is 28.4 Å². The maximum atomic E-state index is 11.8. The summed E-state index contributed by atoms with van der Waals surface area (Å²) in [6.45, 7) is 6.00. The number of esters is 1. The van der Waals surface area contributed by atoms with Gasteiger partial charge in [0.05, 0.1) is 5.56 Å². The lowest BCUT2D eigenvalue weighted by Crippen LogP contribution is -2.45. The van der Waals surface area contributed by atoms with E-state index in [1.165, 1.54) is 10.4 Å². The summed E-state index contributed by atoms with van der Waals surface area (Å²) in [6.07, 6.45) is 5.20. The number of imidazole rings is 1. The van der Waals surface area contributed by atoms with Crippen LogP contribution in [0.25, 0.3) is 5.13 Å². The van der Waals surface area contributed by atoms with Gasteiger partial charge in [0, 0.05) is 55.1 Å². The van der Waals surface area contributed by atoms with E-state index in [4.69, 9.17) is 10.00 Å². The van der Waals surface area contributed by atoms with Crippen LogP contribution in [-0.2, 0) is 17.9 Å².